The number of hydrogen-bond donors (Lipinski definition) is 1. The van der Waals surface area contributed by atoms with Gasteiger partial charge in [-0.15, -0.1) is 0 Å². The van der Waals surface area contributed by atoms with Gasteiger partial charge in [-0.1, -0.05) is 44.2 Å². The minimum Gasteiger partial charge on any atom is -0.379 e. The van der Waals surface area contributed by atoms with Crippen LogP contribution in [0.3, 0.4) is 0 Å². The van der Waals surface area contributed by atoms with Crippen molar-refractivity contribution in [1.82, 2.24) is 19.4 Å². The maximum Gasteiger partial charge on any atom is 0.243 e. The Balaban J connectivity index is 1.40. The van der Waals surface area contributed by atoms with E-state index in [9.17, 15) is 8.42 Å². The number of hydrogen-bond acceptors (Lipinski definition) is 5. The average molecular weight is 455 g/mol. The zero-order chi connectivity index (χ0) is 22.6. The van der Waals surface area contributed by atoms with Gasteiger partial charge in [0, 0.05) is 37.9 Å². The van der Waals surface area contributed by atoms with Crippen molar-refractivity contribution in [2.75, 3.05) is 26.3 Å². The number of para-hydroxylation sites is 1. The summed E-state index contributed by atoms with van der Waals surface area (Å²) in [5.74, 6) is 0.321. The molecule has 7 nitrogen and oxygen atoms in total. The molecule has 2 aromatic carbocycles. The Kier molecular flexibility index (Phi) is 7.05. The first-order chi connectivity index (χ1) is 15.4. The molecule has 4 rings (SSSR count). The molecular weight excluding hydrogens is 424 g/mol. The summed E-state index contributed by atoms with van der Waals surface area (Å²) in [5.41, 5.74) is 4.31. The SMILES string of the molecule is CC(C)c1nn(-c2ccccc2)cc1CNCc1ccc(S(=O)(=O)N2CCOCC2)cc1. The molecule has 8 heteroatoms. The number of nitrogens with one attached hydrogen (secondary N) is 1. The predicted octanol–water partition coefficient (Wildman–Crippen LogP) is 3.31. The van der Waals surface area contributed by atoms with Gasteiger partial charge in [0.05, 0.1) is 29.5 Å². The molecule has 0 bridgehead atoms. The highest BCUT2D eigenvalue weighted by molar-refractivity contribution is 7.89. The van der Waals surface area contributed by atoms with Crippen molar-refractivity contribution in [2.45, 2.75) is 37.8 Å². The summed E-state index contributed by atoms with van der Waals surface area (Å²) in [6, 6.07) is 17.2. The van der Waals surface area contributed by atoms with Gasteiger partial charge in [-0.2, -0.15) is 9.40 Å². The molecule has 0 atom stereocenters. The first kappa shape index (κ1) is 22.7. The highest BCUT2D eigenvalue weighted by atomic mass is 32.2. The topological polar surface area (TPSA) is 76.5 Å². The molecule has 0 saturated carbocycles. The normalized spacial score (nSPS) is 15.3. The van der Waals surface area contributed by atoms with E-state index in [0.717, 1.165) is 22.5 Å². The lowest BCUT2D eigenvalue weighted by Gasteiger charge is -2.26. The Hall–Kier alpha value is -2.52. The van der Waals surface area contributed by atoms with Crippen LogP contribution in [0.1, 0.15) is 36.6 Å². The van der Waals surface area contributed by atoms with E-state index in [1.165, 1.54) is 4.31 Å². The zero-order valence-electron chi connectivity index (χ0n) is 18.6. The van der Waals surface area contributed by atoms with Crippen molar-refractivity contribution < 1.29 is 13.2 Å². The quantitative estimate of drug-likeness (QED) is 0.565. The summed E-state index contributed by atoms with van der Waals surface area (Å²) >= 11 is 0. The number of rotatable bonds is 8. The first-order valence-corrected chi connectivity index (χ1v) is 12.4. The zero-order valence-corrected chi connectivity index (χ0v) is 19.4. The summed E-state index contributed by atoms with van der Waals surface area (Å²) in [5, 5.41) is 8.25. The summed E-state index contributed by atoms with van der Waals surface area (Å²) in [6.45, 7) is 7.32. The van der Waals surface area contributed by atoms with Crippen molar-refractivity contribution in [3.05, 3.63) is 77.6 Å². The van der Waals surface area contributed by atoms with Crippen molar-refractivity contribution >= 4 is 10.0 Å². The minimum absolute atomic E-state index is 0.321. The summed E-state index contributed by atoms with van der Waals surface area (Å²) < 4.78 is 34.2. The number of benzene rings is 2. The highest BCUT2D eigenvalue weighted by Crippen LogP contribution is 2.21. The number of sulfonamides is 1. The number of morpholine rings is 1. The van der Waals surface area contributed by atoms with Crippen LogP contribution in [0.15, 0.2) is 65.7 Å². The molecule has 32 heavy (non-hydrogen) atoms. The Morgan fingerprint density at radius 1 is 1.00 bits per heavy atom. The Morgan fingerprint density at radius 2 is 1.69 bits per heavy atom. The molecule has 1 aliphatic rings. The van der Waals surface area contributed by atoms with Crippen LogP contribution in [0.4, 0.5) is 0 Å². The van der Waals surface area contributed by atoms with Gasteiger partial charge in [0.2, 0.25) is 10.0 Å². The van der Waals surface area contributed by atoms with E-state index >= 15 is 0 Å². The maximum atomic E-state index is 12.8. The Morgan fingerprint density at radius 3 is 2.34 bits per heavy atom. The molecule has 2 heterocycles. The molecule has 170 valence electrons. The molecule has 0 unspecified atom stereocenters. The lowest BCUT2D eigenvalue weighted by atomic mass is 10.1. The standard InChI is InChI=1S/C24H30N4O3S/c1-19(2)24-21(18-28(26-24)22-6-4-3-5-7-22)17-25-16-20-8-10-23(11-9-20)32(29,30)27-12-14-31-15-13-27/h3-11,18-19,25H,12-17H2,1-2H3. The lowest BCUT2D eigenvalue weighted by molar-refractivity contribution is 0.0730. The molecule has 1 N–H and O–H groups in total. The predicted molar refractivity (Wildman–Crippen MR) is 124 cm³/mol. The van der Waals surface area contributed by atoms with E-state index in [0.29, 0.717) is 50.2 Å². The van der Waals surface area contributed by atoms with Gasteiger partial charge in [-0.05, 0) is 35.7 Å². The second-order valence-electron chi connectivity index (χ2n) is 8.24. The summed E-state index contributed by atoms with van der Waals surface area (Å²) in [7, 11) is -3.46. The van der Waals surface area contributed by atoms with Crippen LogP contribution < -0.4 is 5.32 Å². The van der Waals surface area contributed by atoms with Crippen molar-refractivity contribution in [3.8, 4) is 5.69 Å². The molecular formula is C24H30N4O3S. The van der Waals surface area contributed by atoms with E-state index in [1.54, 1.807) is 12.1 Å². The summed E-state index contributed by atoms with van der Waals surface area (Å²) in [6.07, 6.45) is 2.08. The van der Waals surface area contributed by atoms with E-state index in [-0.39, 0.29) is 0 Å². The molecule has 1 aromatic heterocycles. The van der Waals surface area contributed by atoms with E-state index < -0.39 is 10.0 Å². The van der Waals surface area contributed by atoms with E-state index in [4.69, 9.17) is 9.84 Å². The Labute approximate surface area is 190 Å². The number of aromatic nitrogens is 2. The summed E-state index contributed by atoms with van der Waals surface area (Å²) in [4.78, 5) is 0.328. The molecule has 0 amide bonds. The molecule has 3 aromatic rings. The second-order valence-corrected chi connectivity index (χ2v) is 10.2. The smallest absolute Gasteiger partial charge is 0.243 e. The molecule has 1 aliphatic heterocycles. The fourth-order valence-electron chi connectivity index (χ4n) is 3.82. The fourth-order valence-corrected chi connectivity index (χ4v) is 5.22. The monoisotopic (exact) mass is 454 g/mol. The van der Waals surface area contributed by atoms with Crippen LogP contribution in [-0.4, -0.2) is 48.8 Å². The first-order valence-electron chi connectivity index (χ1n) is 11.0. The molecule has 1 saturated heterocycles. The molecule has 0 radical (unpaired) electrons. The van der Waals surface area contributed by atoms with Crippen LogP contribution in [0, 0.1) is 0 Å². The van der Waals surface area contributed by atoms with E-state index in [1.807, 2.05) is 47.1 Å². The van der Waals surface area contributed by atoms with Crippen molar-refractivity contribution in [1.29, 1.82) is 0 Å². The minimum atomic E-state index is -3.46. The lowest BCUT2D eigenvalue weighted by Crippen LogP contribution is -2.40. The van der Waals surface area contributed by atoms with E-state index in [2.05, 4.69) is 25.4 Å². The van der Waals surface area contributed by atoms with Gasteiger partial charge in [-0.3, -0.25) is 0 Å². The van der Waals surface area contributed by atoms with Gasteiger partial charge in [0.25, 0.3) is 0 Å². The van der Waals surface area contributed by atoms with Crippen LogP contribution in [0.5, 0.6) is 0 Å². The molecule has 1 fully saturated rings. The number of nitrogens with zero attached hydrogens (tertiary/aromatic N) is 3. The maximum absolute atomic E-state index is 12.8. The largest absolute Gasteiger partial charge is 0.379 e. The van der Waals surface area contributed by atoms with Crippen molar-refractivity contribution in [2.24, 2.45) is 0 Å². The number of ether oxygens (including phenoxy) is 1. The van der Waals surface area contributed by atoms with Crippen LogP contribution in [-0.2, 0) is 27.8 Å². The van der Waals surface area contributed by atoms with Gasteiger partial charge in [0.15, 0.2) is 0 Å². The molecule has 0 aliphatic carbocycles. The van der Waals surface area contributed by atoms with Crippen molar-refractivity contribution in [3.63, 3.8) is 0 Å². The van der Waals surface area contributed by atoms with Crippen LogP contribution >= 0.6 is 0 Å². The van der Waals surface area contributed by atoms with Gasteiger partial charge in [-0.25, -0.2) is 13.1 Å². The highest BCUT2D eigenvalue weighted by Gasteiger charge is 2.26. The van der Waals surface area contributed by atoms with Crippen LogP contribution in [0.2, 0.25) is 0 Å². The third-order valence-corrected chi connectivity index (χ3v) is 7.48. The molecule has 0 spiro atoms. The average Bonchev–Trinajstić information content (AvgIpc) is 3.25. The third kappa shape index (κ3) is 5.10. The van der Waals surface area contributed by atoms with Crippen LogP contribution in [0.25, 0.3) is 5.69 Å². The fraction of sp³-hybridized carbons (Fsp3) is 0.375. The Bertz CT molecular complexity index is 1120. The second kappa shape index (κ2) is 9.95. The van der Waals surface area contributed by atoms with Gasteiger partial charge >= 0.3 is 0 Å². The van der Waals surface area contributed by atoms with Gasteiger partial charge in [0.1, 0.15) is 0 Å². The van der Waals surface area contributed by atoms with Gasteiger partial charge < -0.3 is 10.1 Å². The third-order valence-electron chi connectivity index (χ3n) is 5.57.